The van der Waals surface area contributed by atoms with E-state index in [4.69, 9.17) is 0 Å². The first-order valence-corrected chi connectivity index (χ1v) is 5.27. The van der Waals surface area contributed by atoms with Gasteiger partial charge in [0.15, 0.2) is 11.9 Å². The molecule has 0 radical (unpaired) electrons. The minimum Gasteiger partial charge on any atom is -0.503 e. The van der Waals surface area contributed by atoms with Crippen molar-refractivity contribution < 1.29 is 14.5 Å². The first kappa shape index (κ1) is 11.1. The number of para-hydroxylation sites is 1. The Kier molecular flexibility index (Phi) is 3.35. The SMILES string of the molecule is O=C(C[n+]1cccc(O)c1)Nc1ccccc1. The summed E-state index contributed by atoms with van der Waals surface area (Å²) in [6, 6.07) is 12.5. The second-order valence-electron chi connectivity index (χ2n) is 3.65. The largest absolute Gasteiger partial charge is 0.503 e. The van der Waals surface area contributed by atoms with Crippen molar-refractivity contribution in [3.8, 4) is 5.75 Å². The molecule has 1 heterocycles. The molecule has 4 nitrogen and oxygen atoms in total. The first-order chi connectivity index (χ1) is 8.24. The highest BCUT2D eigenvalue weighted by Crippen LogP contribution is 2.04. The molecule has 4 heteroatoms. The zero-order valence-electron chi connectivity index (χ0n) is 9.21. The van der Waals surface area contributed by atoms with Gasteiger partial charge in [0.25, 0.3) is 5.91 Å². The molecule has 0 spiro atoms. The molecule has 86 valence electrons. The van der Waals surface area contributed by atoms with Gasteiger partial charge in [0.2, 0.25) is 12.7 Å². The van der Waals surface area contributed by atoms with Gasteiger partial charge in [0, 0.05) is 11.8 Å². The average Bonchev–Trinajstić information content (AvgIpc) is 2.30. The van der Waals surface area contributed by atoms with E-state index < -0.39 is 0 Å². The molecule has 2 rings (SSSR count). The molecule has 0 unspecified atom stereocenters. The molecule has 1 aromatic heterocycles. The van der Waals surface area contributed by atoms with Gasteiger partial charge in [0.1, 0.15) is 0 Å². The van der Waals surface area contributed by atoms with Gasteiger partial charge in [-0.15, -0.1) is 0 Å². The van der Waals surface area contributed by atoms with Crippen molar-refractivity contribution in [2.45, 2.75) is 6.54 Å². The second-order valence-corrected chi connectivity index (χ2v) is 3.65. The summed E-state index contributed by atoms with van der Waals surface area (Å²) in [6.45, 7) is 0.170. The molecule has 0 fully saturated rings. The van der Waals surface area contributed by atoms with Crippen LogP contribution in [0.5, 0.6) is 5.75 Å². The molecule has 0 saturated heterocycles. The van der Waals surface area contributed by atoms with Gasteiger partial charge in [-0.3, -0.25) is 4.79 Å². The van der Waals surface area contributed by atoms with E-state index in [0.717, 1.165) is 5.69 Å². The monoisotopic (exact) mass is 229 g/mol. The van der Waals surface area contributed by atoms with Gasteiger partial charge < -0.3 is 10.4 Å². The van der Waals surface area contributed by atoms with Crippen LogP contribution in [0.25, 0.3) is 0 Å². The number of hydrogen-bond acceptors (Lipinski definition) is 2. The highest BCUT2D eigenvalue weighted by Gasteiger charge is 2.09. The highest BCUT2D eigenvalue weighted by molar-refractivity contribution is 5.89. The van der Waals surface area contributed by atoms with E-state index in [-0.39, 0.29) is 18.2 Å². The van der Waals surface area contributed by atoms with Crippen LogP contribution < -0.4 is 9.88 Å². The third-order valence-corrected chi connectivity index (χ3v) is 2.23. The lowest BCUT2D eigenvalue weighted by atomic mass is 10.3. The number of nitrogens with one attached hydrogen (secondary N) is 1. The van der Waals surface area contributed by atoms with Crippen LogP contribution in [0.15, 0.2) is 54.9 Å². The van der Waals surface area contributed by atoms with E-state index in [0.29, 0.717) is 0 Å². The molecule has 0 aliphatic carbocycles. The molecular formula is C13H13N2O2+. The Morgan fingerprint density at radius 2 is 1.94 bits per heavy atom. The van der Waals surface area contributed by atoms with Gasteiger partial charge in [0.05, 0.1) is 0 Å². The van der Waals surface area contributed by atoms with Gasteiger partial charge in [-0.25, -0.2) is 0 Å². The van der Waals surface area contributed by atoms with Gasteiger partial charge in [-0.1, -0.05) is 18.2 Å². The summed E-state index contributed by atoms with van der Waals surface area (Å²) in [5.74, 6) is 0.00631. The van der Waals surface area contributed by atoms with Crippen LogP contribution in [0.1, 0.15) is 0 Å². The zero-order valence-corrected chi connectivity index (χ0v) is 9.21. The van der Waals surface area contributed by atoms with Crippen molar-refractivity contribution in [2.75, 3.05) is 5.32 Å². The van der Waals surface area contributed by atoms with Crippen LogP contribution in [0.4, 0.5) is 5.69 Å². The van der Waals surface area contributed by atoms with Crippen molar-refractivity contribution in [3.05, 3.63) is 54.9 Å². The fourth-order valence-electron chi connectivity index (χ4n) is 1.49. The van der Waals surface area contributed by atoms with E-state index in [1.165, 1.54) is 6.20 Å². The van der Waals surface area contributed by atoms with Crippen LogP contribution in [-0.2, 0) is 11.3 Å². The van der Waals surface area contributed by atoms with E-state index >= 15 is 0 Å². The number of carbonyl (C=O) groups is 1. The van der Waals surface area contributed by atoms with Crippen LogP contribution in [0.3, 0.4) is 0 Å². The first-order valence-electron chi connectivity index (χ1n) is 5.27. The lowest BCUT2D eigenvalue weighted by Gasteiger charge is -2.02. The van der Waals surface area contributed by atoms with Crippen LogP contribution in [0, 0.1) is 0 Å². The number of amides is 1. The molecule has 17 heavy (non-hydrogen) atoms. The fraction of sp³-hybridized carbons (Fsp3) is 0.0769. The zero-order chi connectivity index (χ0) is 12.1. The normalized spacial score (nSPS) is 9.88. The minimum absolute atomic E-state index is 0.133. The number of hydrogen-bond donors (Lipinski definition) is 2. The summed E-state index contributed by atoms with van der Waals surface area (Å²) < 4.78 is 1.62. The van der Waals surface area contributed by atoms with Crippen LogP contribution in [-0.4, -0.2) is 11.0 Å². The molecular weight excluding hydrogens is 216 g/mol. The summed E-state index contributed by atoms with van der Waals surface area (Å²) in [5.41, 5.74) is 0.762. The molecule has 0 saturated carbocycles. The Hall–Kier alpha value is -2.36. The van der Waals surface area contributed by atoms with Crippen LogP contribution >= 0.6 is 0 Å². The Balaban J connectivity index is 1.98. The van der Waals surface area contributed by atoms with Crippen molar-refractivity contribution >= 4 is 11.6 Å². The van der Waals surface area contributed by atoms with Gasteiger partial charge in [-0.05, 0) is 18.2 Å². The Morgan fingerprint density at radius 1 is 1.18 bits per heavy atom. The average molecular weight is 229 g/mol. The quantitative estimate of drug-likeness (QED) is 0.780. The lowest BCUT2D eigenvalue weighted by molar-refractivity contribution is -0.684. The molecule has 1 amide bonds. The summed E-state index contributed by atoms with van der Waals surface area (Å²) in [7, 11) is 0. The number of nitrogens with zero attached hydrogens (tertiary/aromatic N) is 1. The predicted molar refractivity (Wildman–Crippen MR) is 63.4 cm³/mol. The third-order valence-electron chi connectivity index (χ3n) is 2.23. The smallest absolute Gasteiger partial charge is 0.290 e. The number of aromatic nitrogens is 1. The van der Waals surface area contributed by atoms with Crippen LogP contribution in [0.2, 0.25) is 0 Å². The van der Waals surface area contributed by atoms with E-state index in [1.54, 1.807) is 22.9 Å². The second kappa shape index (κ2) is 5.12. The lowest BCUT2D eigenvalue weighted by Crippen LogP contribution is -2.39. The maximum absolute atomic E-state index is 11.7. The summed E-state index contributed by atoms with van der Waals surface area (Å²) in [4.78, 5) is 11.7. The van der Waals surface area contributed by atoms with E-state index in [9.17, 15) is 9.90 Å². The maximum Gasteiger partial charge on any atom is 0.290 e. The molecule has 0 bridgehead atoms. The standard InChI is InChI=1S/C13H12N2O2/c16-12-7-4-8-15(9-12)10-13(17)14-11-5-2-1-3-6-11/h1-9H,10H2,(H-,14,16,17)/p+1. The van der Waals surface area contributed by atoms with Crippen molar-refractivity contribution in [1.82, 2.24) is 0 Å². The van der Waals surface area contributed by atoms with Crippen molar-refractivity contribution in [1.29, 1.82) is 0 Å². The topological polar surface area (TPSA) is 53.2 Å². The summed E-state index contributed by atoms with van der Waals surface area (Å²) >= 11 is 0. The van der Waals surface area contributed by atoms with Gasteiger partial charge in [-0.2, -0.15) is 4.57 Å². The molecule has 2 N–H and O–H groups in total. The van der Waals surface area contributed by atoms with Crippen molar-refractivity contribution in [3.63, 3.8) is 0 Å². The number of anilines is 1. The Morgan fingerprint density at radius 3 is 2.65 bits per heavy atom. The molecule has 0 aliphatic heterocycles. The maximum atomic E-state index is 11.7. The van der Waals surface area contributed by atoms with E-state index in [1.807, 2.05) is 30.3 Å². The molecule has 0 aliphatic rings. The Bertz CT molecular complexity index is 512. The number of benzene rings is 1. The number of rotatable bonds is 3. The summed E-state index contributed by atoms with van der Waals surface area (Å²) in [5, 5.41) is 12.0. The third kappa shape index (κ3) is 3.31. The molecule has 0 atom stereocenters. The predicted octanol–water partition coefficient (Wildman–Crippen LogP) is 1.32. The number of carbonyl (C=O) groups excluding carboxylic acids is 1. The number of aromatic hydroxyl groups is 1. The molecule has 1 aromatic carbocycles. The highest BCUT2D eigenvalue weighted by atomic mass is 16.3. The Labute approximate surface area is 99.2 Å². The number of pyridine rings is 1. The van der Waals surface area contributed by atoms with Crippen molar-refractivity contribution in [2.24, 2.45) is 0 Å². The van der Waals surface area contributed by atoms with Gasteiger partial charge >= 0.3 is 0 Å². The summed E-state index contributed by atoms with van der Waals surface area (Å²) in [6.07, 6.45) is 3.23. The van der Waals surface area contributed by atoms with E-state index in [2.05, 4.69) is 5.32 Å². The fourth-order valence-corrected chi connectivity index (χ4v) is 1.49. The minimum atomic E-state index is -0.133. The molecule has 2 aromatic rings.